The molecule has 3 aromatic rings. The maximum atomic E-state index is 13.7. The SMILES string of the molecule is Fc1ccccc1SCCN1CCN(CCCc2nc(-c3cccs3)no2)CC1. The third kappa shape index (κ3) is 5.88. The van der Waals surface area contributed by atoms with Crippen molar-refractivity contribution in [3.63, 3.8) is 0 Å². The van der Waals surface area contributed by atoms with Crippen LogP contribution in [0.3, 0.4) is 0 Å². The minimum atomic E-state index is -0.119. The van der Waals surface area contributed by atoms with Crippen LogP contribution >= 0.6 is 23.1 Å². The zero-order valence-electron chi connectivity index (χ0n) is 16.3. The van der Waals surface area contributed by atoms with Crippen LogP contribution < -0.4 is 0 Å². The zero-order chi connectivity index (χ0) is 19.9. The van der Waals surface area contributed by atoms with Crippen LogP contribution in [0.1, 0.15) is 12.3 Å². The van der Waals surface area contributed by atoms with Gasteiger partial charge in [0.05, 0.1) is 4.88 Å². The monoisotopic (exact) mass is 432 g/mol. The number of aromatic nitrogens is 2. The maximum absolute atomic E-state index is 13.7. The number of hydrogen-bond acceptors (Lipinski definition) is 7. The highest BCUT2D eigenvalue weighted by Crippen LogP contribution is 2.22. The summed E-state index contributed by atoms with van der Waals surface area (Å²) in [5.41, 5.74) is 0. The highest BCUT2D eigenvalue weighted by molar-refractivity contribution is 7.99. The van der Waals surface area contributed by atoms with E-state index in [9.17, 15) is 4.39 Å². The second-order valence-corrected chi connectivity index (χ2v) is 9.14. The molecule has 0 spiro atoms. The van der Waals surface area contributed by atoms with Gasteiger partial charge < -0.3 is 9.42 Å². The minimum absolute atomic E-state index is 0.119. The van der Waals surface area contributed by atoms with E-state index >= 15 is 0 Å². The van der Waals surface area contributed by atoms with Crippen molar-refractivity contribution in [1.29, 1.82) is 0 Å². The molecule has 1 aliphatic rings. The molecular formula is C21H25FN4OS2. The first-order chi connectivity index (χ1) is 14.3. The van der Waals surface area contributed by atoms with Crippen LogP contribution in [0, 0.1) is 5.82 Å². The van der Waals surface area contributed by atoms with Gasteiger partial charge in [-0.3, -0.25) is 4.90 Å². The summed E-state index contributed by atoms with van der Waals surface area (Å²) in [5.74, 6) is 2.21. The molecule has 1 fully saturated rings. The van der Waals surface area contributed by atoms with Gasteiger partial charge in [-0.1, -0.05) is 23.4 Å². The summed E-state index contributed by atoms with van der Waals surface area (Å²) in [7, 11) is 0. The Morgan fingerprint density at radius 3 is 2.59 bits per heavy atom. The molecule has 154 valence electrons. The molecule has 1 aliphatic heterocycles. The molecule has 0 unspecified atom stereocenters. The molecule has 4 rings (SSSR count). The molecule has 8 heteroatoms. The number of hydrogen-bond donors (Lipinski definition) is 0. The lowest BCUT2D eigenvalue weighted by Crippen LogP contribution is -2.47. The second-order valence-electron chi connectivity index (χ2n) is 7.05. The highest BCUT2D eigenvalue weighted by atomic mass is 32.2. The number of thiophene rings is 1. The summed E-state index contributed by atoms with van der Waals surface area (Å²) in [6, 6.07) is 11.0. The molecule has 1 aromatic carbocycles. The van der Waals surface area contributed by atoms with Crippen molar-refractivity contribution >= 4 is 23.1 Å². The highest BCUT2D eigenvalue weighted by Gasteiger charge is 2.17. The van der Waals surface area contributed by atoms with Crippen LogP contribution in [0.25, 0.3) is 10.7 Å². The maximum Gasteiger partial charge on any atom is 0.227 e. The van der Waals surface area contributed by atoms with E-state index in [0.717, 1.165) is 73.5 Å². The van der Waals surface area contributed by atoms with E-state index in [0.29, 0.717) is 5.82 Å². The van der Waals surface area contributed by atoms with Gasteiger partial charge in [0.25, 0.3) is 0 Å². The lowest BCUT2D eigenvalue weighted by molar-refractivity contribution is 0.136. The molecule has 2 aromatic heterocycles. The molecule has 1 saturated heterocycles. The lowest BCUT2D eigenvalue weighted by atomic mass is 10.2. The van der Waals surface area contributed by atoms with Crippen molar-refractivity contribution in [3.8, 4) is 10.7 Å². The Kier molecular flexibility index (Phi) is 7.32. The van der Waals surface area contributed by atoms with Gasteiger partial charge in [-0.25, -0.2) is 4.39 Å². The van der Waals surface area contributed by atoms with Gasteiger partial charge in [-0.2, -0.15) is 4.98 Å². The van der Waals surface area contributed by atoms with Crippen molar-refractivity contribution in [2.24, 2.45) is 0 Å². The fourth-order valence-electron chi connectivity index (χ4n) is 3.40. The second kappa shape index (κ2) is 10.3. The number of halogens is 1. The van der Waals surface area contributed by atoms with Crippen molar-refractivity contribution in [3.05, 3.63) is 53.5 Å². The van der Waals surface area contributed by atoms with Gasteiger partial charge >= 0.3 is 0 Å². The molecule has 0 bridgehead atoms. The van der Waals surface area contributed by atoms with E-state index < -0.39 is 0 Å². The molecule has 0 saturated carbocycles. The van der Waals surface area contributed by atoms with E-state index in [4.69, 9.17) is 4.52 Å². The van der Waals surface area contributed by atoms with Crippen molar-refractivity contribution in [2.45, 2.75) is 17.7 Å². The van der Waals surface area contributed by atoms with Crippen molar-refractivity contribution in [2.75, 3.05) is 45.0 Å². The largest absolute Gasteiger partial charge is 0.339 e. The number of nitrogens with zero attached hydrogens (tertiary/aromatic N) is 4. The molecule has 29 heavy (non-hydrogen) atoms. The summed E-state index contributed by atoms with van der Waals surface area (Å²) >= 11 is 3.22. The van der Waals surface area contributed by atoms with Crippen LogP contribution in [0.2, 0.25) is 0 Å². The van der Waals surface area contributed by atoms with E-state index in [1.165, 1.54) is 6.07 Å². The summed E-state index contributed by atoms with van der Waals surface area (Å²) in [6.45, 7) is 6.35. The number of aryl methyl sites for hydroxylation is 1. The Balaban J connectivity index is 1.11. The summed E-state index contributed by atoms with van der Waals surface area (Å²) in [5, 5.41) is 6.09. The number of rotatable bonds is 9. The Morgan fingerprint density at radius 2 is 1.83 bits per heavy atom. The fraction of sp³-hybridized carbons (Fsp3) is 0.429. The predicted molar refractivity (Wildman–Crippen MR) is 116 cm³/mol. The molecule has 0 radical (unpaired) electrons. The van der Waals surface area contributed by atoms with E-state index in [2.05, 4.69) is 19.9 Å². The van der Waals surface area contributed by atoms with Gasteiger partial charge in [0, 0.05) is 49.8 Å². The average Bonchev–Trinajstić information content (AvgIpc) is 3.42. The van der Waals surface area contributed by atoms with Crippen LogP contribution in [-0.4, -0.2) is 65.0 Å². The average molecular weight is 433 g/mol. The topological polar surface area (TPSA) is 45.4 Å². The quantitative estimate of drug-likeness (QED) is 0.470. The third-order valence-corrected chi connectivity index (χ3v) is 6.94. The Labute approximate surface area is 178 Å². The Bertz CT molecular complexity index is 878. The molecular weight excluding hydrogens is 407 g/mol. The van der Waals surface area contributed by atoms with E-state index in [-0.39, 0.29) is 5.82 Å². The first-order valence-corrected chi connectivity index (χ1v) is 11.8. The predicted octanol–water partition coefficient (Wildman–Crippen LogP) is 4.28. The van der Waals surface area contributed by atoms with Crippen LogP contribution in [-0.2, 0) is 6.42 Å². The molecule has 3 heterocycles. The Morgan fingerprint density at radius 1 is 1.03 bits per heavy atom. The van der Waals surface area contributed by atoms with E-state index in [1.807, 2.05) is 29.6 Å². The molecule has 5 nitrogen and oxygen atoms in total. The zero-order valence-corrected chi connectivity index (χ0v) is 17.9. The summed E-state index contributed by atoms with van der Waals surface area (Å²) in [6.07, 6.45) is 1.84. The van der Waals surface area contributed by atoms with Gasteiger partial charge in [0.2, 0.25) is 11.7 Å². The summed E-state index contributed by atoms with van der Waals surface area (Å²) in [4.78, 5) is 11.2. The molecule has 0 amide bonds. The standard InChI is InChI=1S/C21H25FN4OS2/c22-17-5-1-2-6-18(17)29-16-14-26-12-10-25(11-13-26)9-3-8-20-23-21(24-27-20)19-7-4-15-28-19/h1-2,4-7,15H,3,8-14,16H2. The number of piperazine rings is 1. The summed E-state index contributed by atoms with van der Waals surface area (Å²) < 4.78 is 19.0. The van der Waals surface area contributed by atoms with Gasteiger partial charge in [-0.05, 0) is 36.5 Å². The van der Waals surface area contributed by atoms with Gasteiger partial charge in [0.15, 0.2) is 0 Å². The number of benzene rings is 1. The Hall–Kier alpha value is -1.74. The molecule has 0 atom stereocenters. The number of thioether (sulfide) groups is 1. The van der Waals surface area contributed by atoms with Crippen molar-refractivity contribution in [1.82, 2.24) is 19.9 Å². The molecule has 0 N–H and O–H groups in total. The van der Waals surface area contributed by atoms with Gasteiger partial charge in [0.1, 0.15) is 5.82 Å². The molecule has 0 aliphatic carbocycles. The van der Waals surface area contributed by atoms with Crippen molar-refractivity contribution < 1.29 is 8.91 Å². The third-order valence-electron chi connectivity index (χ3n) is 5.04. The first kappa shape index (κ1) is 20.5. The van der Waals surface area contributed by atoms with E-state index in [1.54, 1.807) is 29.2 Å². The smallest absolute Gasteiger partial charge is 0.227 e. The fourth-order valence-corrected chi connectivity index (χ4v) is 5.00. The van der Waals surface area contributed by atoms with Crippen LogP contribution in [0.5, 0.6) is 0 Å². The van der Waals surface area contributed by atoms with Crippen LogP contribution in [0.4, 0.5) is 4.39 Å². The normalized spacial score (nSPS) is 15.8. The lowest BCUT2D eigenvalue weighted by Gasteiger charge is -2.34. The van der Waals surface area contributed by atoms with Gasteiger partial charge in [-0.15, -0.1) is 23.1 Å². The first-order valence-electron chi connectivity index (χ1n) is 9.96. The minimum Gasteiger partial charge on any atom is -0.339 e. The van der Waals surface area contributed by atoms with Crippen LogP contribution in [0.15, 0.2) is 51.2 Å².